The number of amides is 3. The van der Waals surface area contributed by atoms with Gasteiger partial charge in [0.25, 0.3) is 5.91 Å². The number of carbonyl (C=O) groups excluding carboxylic acids is 2. The Morgan fingerprint density at radius 3 is 2.00 bits per heavy atom. The molecule has 5 aliphatic carbocycles. The highest BCUT2D eigenvalue weighted by atomic mass is 16.2. The van der Waals surface area contributed by atoms with Crippen LogP contribution in [0, 0.1) is 17.8 Å². The summed E-state index contributed by atoms with van der Waals surface area (Å²) in [6.07, 6.45) is 12.3. The molecule has 0 saturated heterocycles. The number of nitrogens with one attached hydrogen (secondary N) is 2. The third kappa shape index (κ3) is 3.57. The van der Waals surface area contributed by atoms with Gasteiger partial charge in [-0.1, -0.05) is 0 Å². The van der Waals surface area contributed by atoms with Crippen molar-refractivity contribution in [2.45, 2.75) is 75.8 Å². The summed E-state index contributed by atoms with van der Waals surface area (Å²) in [6, 6.07) is 0.287. The van der Waals surface area contributed by atoms with E-state index >= 15 is 0 Å². The smallest absolute Gasteiger partial charge is 0.322 e. The van der Waals surface area contributed by atoms with Crippen molar-refractivity contribution in [2.24, 2.45) is 17.8 Å². The topological polar surface area (TPSA) is 58.2 Å². The van der Waals surface area contributed by atoms with Crippen molar-refractivity contribution < 1.29 is 14.1 Å². The van der Waals surface area contributed by atoms with E-state index in [0.29, 0.717) is 17.1 Å². The van der Waals surface area contributed by atoms with Crippen LogP contribution < -0.4 is 10.6 Å². The lowest BCUT2D eigenvalue weighted by Gasteiger charge is -2.56. The maximum absolute atomic E-state index is 12.5. The Morgan fingerprint density at radius 2 is 1.48 bits per heavy atom. The monoisotopic (exact) mass is 348 g/mol. The van der Waals surface area contributed by atoms with Crippen molar-refractivity contribution in [3.63, 3.8) is 0 Å². The van der Waals surface area contributed by atoms with Crippen LogP contribution in [-0.2, 0) is 4.79 Å². The van der Waals surface area contributed by atoms with Gasteiger partial charge in [-0.15, -0.1) is 0 Å². The van der Waals surface area contributed by atoms with Crippen molar-refractivity contribution in [3.05, 3.63) is 0 Å². The average Bonchev–Trinajstić information content (AvgIpc) is 2.98. The zero-order chi connectivity index (χ0) is 17.7. The van der Waals surface area contributed by atoms with Crippen molar-refractivity contribution in [1.29, 1.82) is 0 Å². The van der Waals surface area contributed by atoms with Crippen molar-refractivity contribution in [3.8, 4) is 0 Å². The minimum atomic E-state index is -0.265. The fourth-order valence-corrected chi connectivity index (χ4v) is 6.80. The maximum Gasteiger partial charge on any atom is 0.322 e. The number of rotatable bonds is 4. The largest absolute Gasteiger partial charge is 0.332 e. The number of likely N-dealkylation sites (N-methyl/N-ethyl adjacent to an activating group) is 1. The summed E-state index contributed by atoms with van der Waals surface area (Å²) in [6.45, 7) is 0.388. The highest BCUT2D eigenvalue weighted by molar-refractivity contribution is 5.95. The van der Waals surface area contributed by atoms with E-state index in [-0.39, 0.29) is 17.5 Å². The minimum absolute atomic E-state index is 0.0328. The summed E-state index contributed by atoms with van der Waals surface area (Å²) in [5, 5.41) is 5.86. The molecule has 0 spiro atoms. The first-order chi connectivity index (χ1) is 11.8. The third-order valence-electron chi connectivity index (χ3n) is 7.53. The second kappa shape index (κ2) is 6.26. The van der Waals surface area contributed by atoms with E-state index in [2.05, 4.69) is 24.7 Å². The molecule has 25 heavy (non-hydrogen) atoms. The summed E-state index contributed by atoms with van der Waals surface area (Å²) in [7, 11) is 4.24. The molecule has 0 unspecified atom stereocenters. The molecule has 5 nitrogen and oxygen atoms in total. The van der Waals surface area contributed by atoms with Gasteiger partial charge < -0.3 is 9.80 Å². The second-order valence-electron chi connectivity index (χ2n) is 10.1. The highest BCUT2D eigenvalue weighted by Gasteiger charge is 2.51. The first kappa shape index (κ1) is 17.3. The second-order valence-corrected chi connectivity index (χ2v) is 10.1. The minimum Gasteiger partial charge on any atom is -0.332 e. The molecule has 5 heteroatoms. The van der Waals surface area contributed by atoms with Crippen LogP contribution >= 0.6 is 0 Å². The average molecular weight is 349 g/mol. The fourth-order valence-electron chi connectivity index (χ4n) is 6.80. The van der Waals surface area contributed by atoms with Crippen LogP contribution in [0.1, 0.15) is 64.2 Å². The molecule has 0 radical (unpaired) electrons. The summed E-state index contributed by atoms with van der Waals surface area (Å²) >= 11 is 0. The Hall–Kier alpha value is -1.10. The number of hydrogen-bond acceptors (Lipinski definition) is 2. The normalized spacial score (nSPS) is 37.3. The van der Waals surface area contributed by atoms with Crippen LogP contribution in [0.15, 0.2) is 0 Å². The number of quaternary nitrogens is 1. The van der Waals surface area contributed by atoms with Crippen molar-refractivity contribution >= 4 is 11.9 Å². The predicted molar refractivity (Wildman–Crippen MR) is 96.8 cm³/mol. The fraction of sp³-hybridized carbons (Fsp3) is 0.900. The van der Waals surface area contributed by atoms with E-state index in [1.807, 2.05) is 0 Å². The van der Waals surface area contributed by atoms with Gasteiger partial charge in [0.05, 0.1) is 20.1 Å². The number of urea groups is 1. The summed E-state index contributed by atoms with van der Waals surface area (Å²) in [5.41, 5.74) is -0.0328. The van der Waals surface area contributed by atoms with Crippen LogP contribution in [0.5, 0.6) is 0 Å². The Kier molecular flexibility index (Phi) is 4.33. The number of nitrogens with zero attached hydrogens (tertiary/aromatic N) is 1. The van der Waals surface area contributed by atoms with Crippen LogP contribution in [-0.4, -0.2) is 48.6 Å². The maximum atomic E-state index is 12.5. The van der Waals surface area contributed by atoms with E-state index in [4.69, 9.17) is 0 Å². The molecule has 0 aromatic carbocycles. The number of imide groups is 1. The highest BCUT2D eigenvalue weighted by Crippen LogP contribution is 2.55. The Labute approximate surface area is 151 Å². The molecule has 0 aromatic heterocycles. The zero-order valence-electron chi connectivity index (χ0n) is 15.9. The first-order valence-corrected chi connectivity index (χ1v) is 10.3. The lowest BCUT2D eigenvalue weighted by Crippen LogP contribution is -2.62. The van der Waals surface area contributed by atoms with Crippen molar-refractivity contribution in [1.82, 2.24) is 10.6 Å². The van der Waals surface area contributed by atoms with Crippen LogP contribution in [0.4, 0.5) is 4.79 Å². The van der Waals surface area contributed by atoms with Gasteiger partial charge in [0.1, 0.15) is 0 Å². The first-order valence-electron chi connectivity index (χ1n) is 10.3. The Balaban J connectivity index is 1.31. The van der Waals surface area contributed by atoms with Gasteiger partial charge in [-0.25, -0.2) is 4.79 Å². The molecule has 5 rings (SSSR count). The molecule has 0 heterocycles. The van der Waals surface area contributed by atoms with Gasteiger partial charge in [0.2, 0.25) is 0 Å². The molecule has 5 aliphatic rings. The molecule has 0 atom stereocenters. The molecule has 140 valence electrons. The molecule has 3 amide bonds. The lowest BCUT2D eigenvalue weighted by molar-refractivity contribution is -0.906. The summed E-state index contributed by atoms with van der Waals surface area (Å²) in [5.74, 6) is 2.24. The molecule has 5 saturated carbocycles. The van der Waals surface area contributed by atoms with E-state index in [9.17, 15) is 9.59 Å². The van der Waals surface area contributed by atoms with Gasteiger partial charge in [0, 0.05) is 5.54 Å². The van der Waals surface area contributed by atoms with E-state index < -0.39 is 0 Å². The van der Waals surface area contributed by atoms with Crippen LogP contribution in [0.2, 0.25) is 0 Å². The van der Waals surface area contributed by atoms with Gasteiger partial charge in [-0.2, -0.15) is 0 Å². The third-order valence-corrected chi connectivity index (χ3v) is 7.53. The van der Waals surface area contributed by atoms with Crippen LogP contribution in [0.3, 0.4) is 0 Å². The molecule has 5 fully saturated rings. The number of carbonyl (C=O) groups is 2. The molecule has 0 aromatic rings. The molecule has 4 bridgehead atoms. The van der Waals surface area contributed by atoms with E-state index in [0.717, 1.165) is 37.0 Å². The van der Waals surface area contributed by atoms with Gasteiger partial charge in [0.15, 0.2) is 6.54 Å². The van der Waals surface area contributed by atoms with Gasteiger partial charge >= 0.3 is 6.03 Å². The summed E-state index contributed by atoms with van der Waals surface area (Å²) in [4.78, 5) is 24.9. The molecular formula is C20H34N3O2+. The standard InChI is InChI=1S/C20H33N3O2/c1-23(2,17-5-3-4-6-17)13-18(24)21-19(25)22-20-10-14-7-15(11-20)9-16(8-14)12-20/h14-17H,3-13H2,1-2H3,(H-,21,22,24,25)/p+1. The zero-order valence-corrected chi connectivity index (χ0v) is 15.9. The SMILES string of the molecule is C[N+](C)(CC(=O)NC(=O)NC12CC3CC(CC(C3)C1)C2)C1CCCC1. The van der Waals surface area contributed by atoms with E-state index in [1.54, 1.807) is 0 Å². The quantitative estimate of drug-likeness (QED) is 0.768. The van der Waals surface area contributed by atoms with Gasteiger partial charge in [-0.3, -0.25) is 10.1 Å². The van der Waals surface area contributed by atoms with Crippen molar-refractivity contribution in [2.75, 3.05) is 20.6 Å². The molecule has 2 N–H and O–H groups in total. The van der Waals surface area contributed by atoms with E-state index in [1.165, 1.54) is 44.9 Å². The Morgan fingerprint density at radius 1 is 0.960 bits per heavy atom. The summed E-state index contributed by atoms with van der Waals surface area (Å²) < 4.78 is 0.691. The lowest BCUT2D eigenvalue weighted by atomic mass is 9.53. The van der Waals surface area contributed by atoms with Gasteiger partial charge in [-0.05, 0) is 82.0 Å². The molecule has 0 aliphatic heterocycles. The molecular weight excluding hydrogens is 314 g/mol. The number of hydrogen-bond donors (Lipinski definition) is 2. The predicted octanol–water partition coefficient (Wildman–Crippen LogP) is 2.80. The van der Waals surface area contributed by atoms with Crippen LogP contribution in [0.25, 0.3) is 0 Å². The Bertz CT molecular complexity index is 516.